The van der Waals surface area contributed by atoms with Crippen molar-refractivity contribution in [2.45, 2.75) is 142 Å². The van der Waals surface area contributed by atoms with Gasteiger partial charge in [0, 0.05) is 61.3 Å². The monoisotopic (exact) mass is 918 g/mol. The third-order valence-electron chi connectivity index (χ3n) is 13.0. The summed E-state index contributed by atoms with van der Waals surface area (Å²) in [5, 5.41) is 36.4. The third-order valence-corrected chi connectivity index (χ3v) is 13.0. The maximum Gasteiger partial charge on any atom is 0.411 e. The predicted molar refractivity (Wildman–Crippen MR) is 241 cm³/mol. The first kappa shape index (κ1) is 48.2. The minimum Gasteiger partial charge on any atom is -0.444 e. The van der Waals surface area contributed by atoms with Gasteiger partial charge < -0.3 is 20.7 Å². The number of rotatable bonds is 10. The molecule has 3 N–H and O–H groups in total. The number of piperidine rings is 2. The first-order valence-corrected chi connectivity index (χ1v) is 22.6. The van der Waals surface area contributed by atoms with E-state index in [4.69, 9.17) is 4.74 Å². The van der Waals surface area contributed by atoms with Gasteiger partial charge in [0.2, 0.25) is 23.6 Å². The lowest BCUT2D eigenvalue weighted by Gasteiger charge is -2.35. The van der Waals surface area contributed by atoms with Gasteiger partial charge in [-0.15, -0.1) is 0 Å². The lowest BCUT2D eigenvalue weighted by Crippen LogP contribution is -2.55. The maximum atomic E-state index is 15.0. The molecule has 8 rings (SSSR count). The van der Waals surface area contributed by atoms with Crippen molar-refractivity contribution in [3.63, 3.8) is 0 Å². The molecule has 2 saturated heterocycles. The molecule has 0 radical (unpaired) electrons. The summed E-state index contributed by atoms with van der Waals surface area (Å²) >= 11 is 0. The molecule has 4 fully saturated rings. The molecule has 16 nitrogen and oxygen atoms in total. The topological polar surface area (TPSA) is 217 Å². The third kappa shape index (κ3) is 10.8. The van der Waals surface area contributed by atoms with Crippen molar-refractivity contribution >= 4 is 29.7 Å². The number of fused-ring (bicyclic) bond motifs is 4. The summed E-state index contributed by atoms with van der Waals surface area (Å²) in [6.45, 7) is 11.6. The van der Waals surface area contributed by atoms with Crippen LogP contribution >= 0.6 is 0 Å². The number of hydrogen-bond acceptors (Lipinski definition) is 11. The van der Waals surface area contributed by atoms with Crippen LogP contribution in [0.4, 0.5) is 13.6 Å². The van der Waals surface area contributed by atoms with E-state index < -0.39 is 47.4 Å². The lowest BCUT2D eigenvalue weighted by molar-refractivity contribution is -0.128. The Hall–Kier alpha value is -6.79. The van der Waals surface area contributed by atoms with E-state index in [1.165, 1.54) is 40.2 Å². The SMILES string of the molecule is CC(=O)n1nc(-c2ccc(CC(C#N)NC(=O)[C@@H]3[C@H]4CC[C@H](C4)N3C(=O)OC(C)(C)C)c(F)c2)cc1C.CC(=O)n1nc(-c2ccc(CC(C#N)NC(=O)[C@H]3N[C@@H]4CC[C@H]3C4)c(F)c2)cc1C. The van der Waals surface area contributed by atoms with Crippen LogP contribution in [-0.2, 0) is 27.2 Å². The van der Waals surface area contributed by atoms with Gasteiger partial charge in [-0.05, 0) is 120 Å². The van der Waals surface area contributed by atoms with Crippen molar-refractivity contribution in [2.24, 2.45) is 11.8 Å². The van der Waals surface area contributed by atoms with E-state index in [1.807, 2.05) is 6.07 Å². The van der Waals surface area contributed by atoms with Crippen LogP contribution in [0.15, 0.2) is 48.5 Å². The molecule has 2 unspecified atom stereocenters. The molecule has 4 bridgehead atoms. The summed E-state index contributed by atoms with van der Waals surface area (Å²) in [5.74, 6) is -1.76. The molecule has 2 aromatic heterocycles. The highest BCUT2D eigenvalue weighted by Crippen LogP contribution is 2.43. The molecule has 352 valence electrons. The zero-order valence-electron chi connectivity index (χ0n) is 38.7. The number of halogens is 2. The summed E-state index contributed by atoms with van der Waals surface area (Å²) in [7, 11) is 0. The van der Waals surface area contributed by atoms with E-state index in [0.717, 1.165) is 38.5 Å². The summed E-state index contributed by atoms with van der Waals surface area (Å²) in [6.07, 6.45) is 5.01. The second-order valence-electron chi connectivity index (χ2n) is 19.1. The highest BCUT2D eigenvalue weighted by molar-refractivity contribution is 5.88. The quantitative estimate of drug-likeness (QED) is 0.159. The van der Waals surface area contributed by atoms with Crippen LogP contribution in [-0.4, -0.2) is 96.0 Å². The largest absolute Gasteiger partial charge is 0.444 e. The molecule has 2 aliphatic heterocycles. The number of aromatic nitrogens is 4. The van der Waals surface area contributed by atoms with Crippen LogP contribution in [0.3, 0.4) is 0 Å². The zero-order valence-corrected chi connectivity index (χ0v) is 38.7. The lowest BCUT2D eigenvalue weighted by atomic mass is 9.97. The molecule has 2 aromatic carbocycles. The Kier molecular flexibility index (Phi) is 14.1. The first-order valence-electron chi connectivity index (χ1n) is 22.6. The van der Waals surface area contributed by atoms with Crippen molar-refractivity contribution in [1.82, 2.24) is 40.4 Å². The number of benzene rings is 2. The molecule has 4 heterocycles. The van der Waals surface area contributed by atoms with Gasteiger partial charge in [-0.1, -0.05) is 24.3 Å². The van der Waals surface area contributed by atoms with Gasteiger partial charge in [-0.25, -0.2) is 22.9 Å². The Balaban J connectivity index is 0.000000203. The molecule has 4 aliphatic rings. The second-order valence-corrected chi connectivity index (χ2v) is 19.1. The fourth-order valence-corrected chi connectivity index (χ4v) is 9.88. The van der Waals surface area contributed by atoms with Crippen molar-refractivity contribution < 1.29 is 37.5 Å². The van der Waals surface area contributed by atoms with E-state index in [1.54, 1.807) is 71.0 Å². The second kappa shape index (κ2) is 19.6. The van der Waals surface area contributed by atoms with Gasteiger partial charge in [0.1, 0.15) is 35.4 Å². The van der Waals surface area contributed by atoms with Gasteiger partial charge in [0.15, 0.2) is 0 Å². The van der Waals surface area contributed by atoms with Crippen LogP contribution in [0.5, 0.6) is 0 Å². The number of nitriles is 2. The van der Waals surface area contributed by atoms with Crippen molar-refractivity contribution in [2.75, 3.05) is 0 Å². The van der Waals surface area contributed by atoms with E-state index >= 15 is 0 Å². The molecule has 2 saturated carbocycles. The van der Waals surface area contributed by atoms with Crippen LogP contribution in [0, 0.1) is 60.0 Å². The van der Waals surface area contributed by atoms with Gasteiger partial charge in [-0.2, -0.15) is 20.7 Å². The van der Waals surface area contributed by atoms with Gasteiger partial charge in [-0.3, -0.25) is 24.1 Å². The molecule has 67 heavy (non-hydrogen) atoms. The normalized spacial score (nSPS) is 22.2. The molecule has 8 atom stereocenters. The number of carbonyl (C=O) groups is 5. The molecule has 2 aliphatic carbocycles. The minimum atomic E-state index is -0.980. The number of nitrogens with zero attached hydrogens (tertiary/aromatic N) is 7. The van der Waals surface area contributed by atoms with Crippen molar-refractivity contribution in [3.8, 4) is 34.7 Å². The number of amides is 3. The fraction of sp³-hybridized carbons (Fsp3) is 0.490. The van der Waals surface area contributed by atoms with Crippen LogP contribution in [0.25, 0.3) is 22.5 Å². The van der Waals surface area contributed by atoms with Crippen LogP contribution < -0.4 is 16.0 Å². The molecular weight excluding hydrogens is 863 g/mol. The Morgan fingerprint density at radius 2 is 1.27 bits per heavy atom. The average molecular weight is 919 g/mol. The average Bonchev–Trinajstić information content (AvgIpc) is 4.15. The van der Waals surface area contributed by atoms with E-state index in [-0.39, 0.29) is 54.1 Å². The first-order chi connectivity index (χ1) is 31.7. The molecule has 4 aromatic rings. The van der Waals surface area contributed by atoms with Crippen molar-refractivity contribution in [1.29, 1.82) is 10.5 Å². The summed E-state index contributed by atoms with van der Waals surface area (Å²) in [5.41, 5.74) is 3.22. The fourth-order valence-electron chi connectivity index (χ4n) is 9.88. The van der Waals surface area contributed by atoms with E-state index in [2.05, 4.69) is 32.2 Å². The molecule has 0 spiro atoms. The summed E-state index contributed by atoms with van der Waals surface area (Å²) < 4.78 is 37.8. The Morgan fingerprint density at radius 3 is 1.69 bits per heavy atom. The van der Waals surface area contributed by atoms with Gasteiger partial charge >= 0.3 is 6.09 Å². The zero-order chi connectivity index (χ0) is 48.5. The highest BCUT2D eigenvalue weighted by Gasteiger charge is 2.53. The molecular formula is C49H56F2N10O6. The Labute approximate surface area is 388 Å². The Bertz CT molecular complexity index is 2680. The number of hydrogen-bond donors (Lipinski definition) is 3. The van der Waals surface area contributed by atoms with E-state index in [0.29, 0.717) is 51.4 Å². The minimum absolute atomic E-state index is 0.00569. The highest BCUT2D eigenvalue weighted by atomic mass is 19.1. The number of likely N-dealkylation sites (tertiary alicyclic amines) is 1. The number of nitrogens with one attached hydrogen (secondary N) is 3. The maximum absolute atomic E-state index is 15.0. The predicted octanol–water partition coefficient (Wildman–Crippen LogP) is 6.35. The smallest absolute Gasteiger partial charge is 0.411 e. The van der Waals surface area contributed by atoms with E-state index in [9.17, 15) is 43.3 Å². The molecule has 18 heteroatoms. The Morgan fingerprint density at radius 1 is 0.761 bits per heavy atom. The standard InChI is InChI=1S/C27H32FN5O4.C22H24FN5O2/c1-15-10-23(31-33(15)16(2)34)18-7-6-17(22(28)13-18)11-20(14-29)30-25(35)24-19-8-9-21(12-19)32(24)26(36)37-27(3,4)5;1-12-7-20(27-28(12)13(2)29)15-4-3-14(19(23)10-15)8-18(11-24)26-22(30)21-16-5-6-17(9-16)25-21/h6-7,10,13,19-21,24H,8-9,11-12H2,1-5H3,(H,30,35);3-4,7,10,16-18,21,25H,5-6,8-9H2,1-2H3,(H,26,30)/t19-,20?,21+,24-;16-,17+,18?,21-/m00/s1. The number of carbonyl (C=O) groups excluding carboxylic acids is 5. The number of ether oxygens (including phenoxy) is 1. The van der Waals surface area contributed by atoms with Crippen molar-refractivity contribution in [3.05, 3.63) is 82.7 Å². The summed E-state index contributed by atoms with van der Waals surface area (Å²) in [6, 6.07) is 14.3. The van der Waals surface area contributed by atoms with Gasteiger partial charge in [0.25, 0.3) is 0 Å². The number of aryl methyl sites for hydroxylation is 2. The van der Waals surface area contributed by atoms with Crippen LogP contribution in [0.2, 0.25) is 0 Å². The summed E-state index contributed by atoms with van der Waals surface area (Å²) in [4.78, 5) is 63.4. The van der Waals surface area contributed by atoms with Gasteiger partial charge in [0.05, 0.1) is 29.6 Å². The molecule has 3 amide bonds. The van der Waals surface area contributed by atoms with Crippen LogP contribution in [0.1, 0.15) is 105 Å².